The quantitative estimate of drug-likeness (QED) is 0.880. The van der Waals surface area contributed by atoms with Crippen LogP contribution in [0.4, 0.5) is 0 Å². The molecule has 0 aliphatic heterocycles. The van der Waals surface area contributed by atoms with Gasteiger partial charge in [-0.15, -0.1) is 22.7 Å². The lowest BCUT2D eigenvalue weighted by Gasteiger charge is -2.24. The second-order valence-electron chi connectivity index (χ2n) is 4.89. The molecule has 0 spiro atoms. The van der Waals surface area contributed by atoms with Gasteiger partial charge >= 0.3 is 0 Å². The molecule has 16 heavy (non-hydrogen) atoms. The van der Waals surface area contributed by atoms with Crippen molar-refractivity contribution in [2.45, 2.75) is 26.8 Å². The van der Waals surface area contributed by atoms with Gasteiger partial charge in [0.25, 0.3) is 0 Å². The van der Waals surface area contributed by atoms with Crippen LogP contribution in [0, 0.1) is 5.41 Å². The number of hydrogen-bond acceptors (Lipinski definition) is 4. The highest BCUT2D eigenvalue weighted by atomic mass is 32.1. The molecule has 2 heterocycles. The summed E-state index contributed by atoms with van der Waals surface area (Å²) in [5.74, 6) is 0. The number of rotatable bonds is 2. The molecule has 0 aromatic carbocycles. The summed E-state index contributed by atoms with van der Waals surface area (Å²) < 4.78 is 0. The molecule has 2 rings (SSSR count). The first-order valence-electron chi connectivity index (χ1n) is 5.23. The summed E-state index contributed by atoms with van der Waals surface area (Å²) in [7, 11) is 0. The van der Waals surface area contributed by atoms with E-state index in [1.165, 1.54) is 4.88 Å². The van der Waals surface area contributed by atoms with Gasteiger partial charge in [-0.25, -0.2) is 4.98 Å². The van der Waals surface area contributed by atoms with Crippen molar-refractivity contribution in [3.05, 3.63) is 27.9 Å². The molecule has 2 aromatic rings. The summed E-state index contributed by atoms with van der Waals surface area (Å²) >= 11 is 3.37. The Kier molecular flexibility index (Phi) is 3.15. The second kappa shape index (κ2) is 4.28. The van der Waals surface area contributed by atoms with Crippen molar-refractivity contribution >= 4 is 22.7 Å². The van der Waals surface area contributed by atoms with Crippen LogP contribution < -0.4 is 5.73 Å². The van der Waals surface area contributed by atoms with E-state index in [0.717, 1.165) is 10.7 Å². The zero-order chi connectivity index (χ0) is 11.8. The minimum Gasteiger partial charge on any atom is -0.322 e. The molecule has 86 valence electrons. The fourth-order valence-electron chi connectivity index (χ4n) is 1.34. The van der Waals surface area contributed by atoms with E-state index in [9.17, 15) is 0 Å². The number of thiazole rings is 1. The van der Waals surface area contributed by atoms with E-state index in [2.05, 4.69) is 42.6 Å². The van der Waals surface area contributed by atoms with E-state index in [1.54, 1.807) is 22.7 Å². The average Bonchev–Trinajstić information content (AvgIpc) is 2.85. The summed E-state index contributed by atoms with van der Waals surface area (Å²) in [5.41, 5.74) is 7.30. The van der Waals surface area contributed by atoms with E-state index in [0.29, 0.717) is 0 Å². The van der Waals surface area contributed by atoms with E-state index in [1.807, 2.05) is 6.07 Å². The van der Waals surface area contributed by atoms with Gasteiger partial charge in [-0.05, 0) is 16.9 Å². The maximum Gasteiger partial charge on any atom is 0.111 e. The van der Waals surface area contributed by atoms with Gasteiger partial charge in [0, 0.05) is 5.38 Å². The highest BCUT2D eigenvalue weighted by Gasteiger charge is 2.25. The molecule has 0 bridgehead atoms. The van der Waals surface area contributed by atoms with Crippen LogP contribution in [0.15, 0.2) is 22.9 Å². The van der Waals surface area contributed by atoms with Gasteiger partial charge in [0.1, 0.15) is 5.01 Å². The third kappa shape index (κ3) is 2.34. The first-order chi connectivity index (χ1) is 7.48. The topological polar surface area (TPSA) is 38.9 Å². The van der Waals surface area contributed by atoms with Gasteiger partial charge in [-0.3, -0.25) is 0 Å². The Morgan fingerprint density at radius 3 is 2.62 bits per heavy atom. The fraction of sp³-hybridized carbons (Fsp3) is 0.417. The van der Waals surface area contributed by atoms with Crippen molar-refractivity contribution in [3.63, 3.8) is 0 Å². The normalized spacial score (nSPS) is 14.0. The lowest BCUT2D eigenvalue weighted by Crippen LogP contribution is -2.26. The van der Waals surface area contributed by atoms with Crippen LogP contribution in [0.1, 0.15) is 31.8 Å². The fourth-order valence-corrected chi connectivity index (χ4v) is 3.16. The van der Waals surface area contributed by atoms with Gasteiger partial charge in [0.05, 0.1) is 16.6 Å². The predicted octanol–water partition coefficient (Wildman–Crippen LogP) is 3.92. The SMILES string of the molecule is CC(C)(C)C(N)c1nc(-c2cccs2)cs1. The molecule has 0 aliphatic carbocycles. The Labute approximate surface area is 104 Å². The van der Waals surface area contributed by atoms with Crippen molar-refractivity contribution in [1.82, 2.24) is 4.98 Å². The second-order valence-corrected chi connectivity index (χ2v) is 6.73. The molecule has 0 fully saturated rings. The molecular weight excluding hydrogens is 236 g/mol. The third-order valence-corrected chi connectivity index (χ3v) is 4.31. The maximum atomic E-state index is 6.19. The van der Waals surface area contributed by atoms with Crippen molar-refractivity contribution in [3.8, 4) is 10.6 Å². The van der Waals surface area contributed by atoms with E-state index < -0.39 is 0 Å². The first kappa shape index (κ1) is 11.8. The Morgan fingerprint density at radius 1 is 1.31 bits per heavy atom. The van der Waals surface area contributed by atoms with Gasteiger partial charge in [-0.1, -0.05) is 26.8 Å². The summed E-state index contributed by atoms with van der Waals surface area (Å²) in [6.07, 6.45) is 0. The van der Waals surface area contributed by atoms with Crippen molar-refractivity contribution in [1.29, 1.82) is 0 Å². The maximum absolute atomic E-state index is 6.19. The zero-order valence-electron chi connectivity index (χ0n) is 9.73. The summed E-state index contributed by atoms with van der Waals surface area (Å²) in [6.45, 7) is 6.43. The summed E-state index contributed by atoms with van der Waals surface area (Å²) in [5, 5.41) is 5.18. The molecule has 0 saturated heterocycles. The third-order valence-electron chi connectivity index (χ3n) is 2.49. The number of aromatic nitrogens is 1. The molecule has 2 nitrogen and oxygen atoms in total. The van der Waals surface area contributed by atoms with E-state index in [-0.39, 0.29) is 11.5 Å². The Bertz CT molecular complexity index is 452. The lowest BCUT2D eigenvalue weighted by molar-refractivity contribution is 0.326. The number of nitrogens with zero attached hydrogens (tertiary/aromatic N) is 1. The van der Waals surface area contributed by atoms with Gasteiger partial charge in [0.2, 0.25) is 0 Å². The number of thiophene rings is 1. The van der Waals surface area contributed by atoms with E-state index >= 15 is 0 Å². The van der Waals surface area contributed by atoms with Crippen LogP contribution in [-0.2, 0) is 0 Å². The highest BCUT2D eigenvalue weighted by molar-refractivity contribution is 7.14. The molecular formula is C12H16N2S2. The monoisotopic (exact) mass is 252 g/mol. The smallest absolute Gasteiger partial charge is 0.111 e. The van der Waals surface area contributed by atoms with Crippen LogP contribution in [0.25, 0.3) is 10.6 Å². The summed E-state index contributed by atoms with van der Waals surface area (Å²) in [6, 6.07) is 4.14. The van der Waals surface area contributed by atoms with Crippen molar-refractivity contribution < 1.29 is 0 Å². The predicted molar refractivity (Wildman–Crippen MR) is 71.8 cm³/mol. The van der Waals surface area contributed by atoms with Crippen LogP contribution in [0.3, 0.4) is 0 Å². The Hall–Kier alpha value is -0.710. The molecule has 2 N–H and O–H groups in total. The highest BCUT2D eigenvalue weighted by Crippen LogP contribution is 2.34. The van der Waals surface area contributed by atoms with Gasteiger partial charge < -0.3 is 5.73 Å². The van der Waals surface area contributed by atoms with Crippen LogP contribution in [0.5, 0.6) is 0 Å². The molecule has 4 heteroatoms. The first-order valence-corrected chi connectivity index (χ1v) is 6.99. The van der Waals surface area contributed by atoms with E-state index in [4.69, 9.17) is 5.73 Å². The van der Waals surface area contributed by atoms with Gasteiger partial charge in [0.15, 0.2) is 0 Å². The Balaban J connectivity index is 2.27. The molecule has 0 amide bonds. The minimum atomic E-state index is 0.00575. The molecule has 0 saturated carbocycles. The largest absolute Gasteiger partial charge is 0.322 e. The molecule has 0 radical (unpaired) electrons. The number of hydrogen-bond donors (Lipinski definition) is 1. The molecule has 1 unspecified atom stereocenters. The lowest BCUT2D eigenvalue weighted by atomic mass is 9.88. The standard InChI is InChI=1S/C12H16N2S2/c1-12(2,3)10(13)11-14-8(7-16-11)9-5-4-6-15-9/h4-7,10H,13H2,1-3H3. The van der Waals surface area contributed by atoms with Crippen molar-refractivity contribution in [2.75, 3.05) is 0 Å². The molecule has 1 atom stereocenters. The molecule has 0 aliphatic rings. The number of nitrogens with two attached hydrogens (primary N) is 1. The average molecular weight is 252 g/mol. The minimum absolute atomic E-state index is 0.00575. The summed E-state index contributed by atoms with van der Waals surface area (Å²) in [4.78, 5) is 5.83. The molecule has 2 aromatic heterocycles. The van der Waals surface area contributed by atoms with Crippen LogP contribution >= 0.6 is 22.7 Å². The van der Waals surface area contributed by atoms with Crippen LogP contribution in [0.2, 0.25) is 0 Å². The zero-order valence-corrected chi connectivity index (χ0v) is 11.4. The van der Waals surface area contributed by atoms with Crippen LogP contribution in [-0.4, -0.2) is 4.98 Å². The van der Waals surface area contributed by atoms with Crippen molar-refractivity contribution in [2.24, 2.45) is 11.1 Å². The Morgan fingerprint density at radius 2 is 2.06 bits per heavy atom. The van der Waals surface area contributed by atoms with Gasteiger partial charge in [-0.2, -0.15) is 0 Å².